The van der Waals surface area contributed by atoms with Gasteiger partial charge in [-0.15, -0.1) is 0 Å². The maximum Gasteiger partial charge on any atom is 0.435 e. The van der Waals surface area contributed by atoms with Crippen LogP contribution >= 0.6 is 0 Å². The molecule has 23 heavy (non-hydrogen) atoms. The molecule has 7 nitrogen and oxygen atoms in total. The normalized spacial score (nSPS) is 13.1. The Morgan fingerprint density at radius 2 is 2.17 bits per heavy atom. The van der Waals surface area contributed by atoms with Gasteiger partial charge >= 0.3 is 6.18 Å². The number of aromatic nitrogens is 5. The number of rotatable bonds is 6. The minimum Gasteiger partial charge on any atom is -0.354 e. The maximum absolute atomic E-state index is 12.6. The fourth-order valence-electron chi connectivity index (χ4n) is 2.02. The lowest BCUT2D eigenvalue weighted by atomic mass is 10.1. The van der Waals surface area contributed by atoms with Crippen molar-refractivity contribution in [1.29, 1.82) is 0 Å². The summed E-state index contributed by atoms with van der Waals surface area (Å²) in [6.45, 7) is 4.02. The van der Waals surface area contributed by atoms with Crippen molar-refractivity contribution < 1.29 is 18.0 Å². The monoisotopic (exact) mass is 330 g/mol. The lowest BCUT2D eigenvalue weighted by molar-refractivity contribution is -0.141. The van der Waals surface area contributed by atoms with Crippen LogP contribution in [0.3, 0.4) is 0 Å². The number of amides is 1. The van der Waals surface area contributed by atoms with Crippen molar-refractivity contribution in [3.05, 3.63) is 30.1 Å². The summed E-state index contributed by atoms with van der Waals surface area (Å²) in [7, 11) is 0. The van der Waals surface area contributed by atoms with Crippen LogP contribution in [0, 0.1) is 12.8 Å². The summed E-state index contributed by atoms with van der Waals surface area (Å²) in [6, 6.07) is 0.981. The van der Waals surface area contributed by atoms with Gasteiger partial charge in [-0.05, 0) is 13.0 Å². The van der Waals surface area contributed by atoms with E-state index in [1.165, 1.54) is 28.9 Å². The Bertz CT molecular complexity index is 649. The molecule has 0 aliphatic carbocycles. The van der Waals surface area contributed by atoms with E-state index in [1.807, 2.05) is 0 Å². The second kappa shape index (κ2) is 6.80. The van der Waals surface area contributed by atoms with Gasteiger partial charge in [-0.25, -0.2) is 4.98 Å². The van der Waals surface area contributed by atoms with Gasteiger partial charge in [0.1, 0.15) is 12.7 Å². The Hall–Kier alpha value is -2.39. The van der Waals surface area contributed by atoms with Crippen LogP contribution in [-0.4, -0.2) is 37.0 Å². The molecule has 0 fully saturated rings. The number of nitrogens with zero attached hydrogens (tertiary/aromatic N) is 5. The van der Waals surface area contributed by atoms with Crippen LogP contribution in [0.4, 0.5) is 13.2 Å². The Kier molecular flexibility index (Phi) is 5.02. The summed E-state index contributed by atoms with van der Waals surface area (Å²) in [5.41, 5.74) is -0.539. The quantitative estimate of drug-likeness (QED) is 0.865. The SMILES string of the molecule is Cc1cc(C(F)(F)F)nn1CCNC(=O)[C@@H](C)Cn1cncn1. The molecular weight excluding hydrogens is 313 g/mol. The standard InChI is InChI=1S/C13H17F3N6O/c1-9(6-21-8-17-7-19-21)12(23)18-3-4-22-10(2)5-11(20-22)13(14,15)16/h5,7-9H,3-4,6H2,1-2H3,(H,18,23)/t9-/m0/s1. The highest BCUT2D eigenvalue weighted by atomic mass is 19.4. The van der Waals surface area contributed by atoms with Crippen molar-refractivity contribution in [2.45, 2.75) is 33.1 Å². The number of carbonyl (C=O) groups is 1. The average molecular weight is 330 g/mol. The molecule has 0 bridgehead atoms. The molecule has 1 N–H and O–H groups in total. The molecule has 2 aromatic heterocycles. The van der Waals surface area contributed by atoms with E-state index in [-0.39, 0.29) is 24.9 Å². The second-order valence-corrected chi connectivity index (χ2v) is 5.20. The van der Waals surface area contributed by atoms with Crippen molar-refractivity contribution in [3.8, 4) is 0 Å². The molecule has 0 unspecified atom stereocenters. The molecule has 10 heteroatoms. The van der Waals surface area contributed by atoms with Gasteiger partial charge in [0.15, 0.2) is 5.69 Å². The van der Waals surface area contributed by atoms with E-state index in [0.29, 0.717) is 12.2 Å². The summed E-state index contributed by atoms with van der Waals surface area (Å²) < 4.78 is 40.4. The van der Waals surface area contributed by atoms with E-state index < -0.39 is 11.9 Å². The van der Waals surface area contributed by atoms with Crippen LogP contribution in [0.2, 0.25) is 0 Å². The Morgan fingerprint density at radius 3 is 2.74 bits per heavy atom. The van der Waals surface area contributed by atoms with E-state index in [4.69, 9.17) is 0 Å². The van der Waals surface area contributed by atoms with Crippen molar-refractivity contribution in [1.82, 2.24) is 29.9 Å². The summed E-state index contributed by atoms with van der Waals surface area (Å²) in [5, 5.41) is 10.1. The number of nitrogens with one attached hydrogen (secondary N) is 1. The summed E-state index contributed by atoms with van der Waals surface area (Å²) in [5.74, 6) is -0.539. The van der Waals surface area contributed by atoms with Crippen LogP contribution in [0.25, 0.3) is 0 Å². The molecule has 0 aliphatic rings. The number of halogens is 3. The first-order valence-corrected chi connectivity index (χ1v) is 6.99. The van der Waals surface area contributed by atoms with Crippen molar-refractivity contribution >= 4 is 5.91 Å². The van der Waals surface area contributed by atoms with Crippen molar-refractivity contribution in [2.75, 3.05) is 6.54 Å². The highest BCUT2D eigenvalue weighted by Gasteiger charge is 2.34. The minimum absolute atomic E-state index is 0.170. The van der Waals surface area contributed by atoms with Gasteiger partial charge in [0.25, 0.3) is 0 Å². The molecule has 0 saturated heterocycles. The van der Waals surface area contributed by atoms with Crippen LogP contribution in [-0.2, 0) is 24.1 Å². The largest absolute Gasteiger partial charge is 0.435 e. The number of aryl methyl sites for hydroxylation is 1. The van der Waals surface area contributed by atoms with Crippen LogP contribution in [0.1, 0.15) is 18.3 Å². The highest BCUT2D eigenvalue weighted by molar-refractivity contribution is 5.78. The molecule has 2 aromatic rings. The number of carbonyl (C=O) groups excluding carboxylic acids is 1. The van der Waals surface area contributed by atoms with Crippen molar-refractivity contribution in [3.63, 3.8) is 0 Å². The lowest BCUT2D eigenvalue weighted by Crippen LogP contribution is -2.34. The smallest absolute Gasteiger partial charge is 0.354 e. The molecule has 0 spiro atoms. The van der Waals surface area contributed by atoms with Crippen LogP contribution in [0.5, 0.6) is 0 Å². The molecule has 2 rings (SSSR count). The molecular formula is C13H17F3N6O. The number of alkyl halides is 3. The average Bonchev–Trinajstić information content (AvgIpc) is 3.08. The Morgan fingerprint density at radius 1 is 1.43 bits per heavy atom. The highest BCUT2D eigenvalue weighted by Crippen LogP contribution is 2.28. The Balaban J connectivity index is 1.82. The summed E-state index contributed by atoms with van der Waals surface area (Å²) in [4.78, 5) is 15.7. The van der Waals surface area contributed by atoms with Crippen LogP contribution < -0.4 is 5.32 Å². The van der Waals surface area contributed by atoms with Crippen LogP contribution in [0.15, 0.2) is 18.7 Å². The number of hydrogen-bond acceptors (Lipinski definition) is 4. The van der Waals surface area contributed by atoms with Gasteiger partial charge in [0.2, 0.25) is 5.91 Å². The topological polar surface area (TPSA) is 77.6 Å². The van der Waals surface area contributed by atoms with Crippen molar-refractivity contribution in [2.24, 2.45) is 5.92 Å². The van der Waals surface area contributed by atoms with Gasteiger partial charge < -0.3 is 5.32 Å². The zero-order valence-electron chi connectivity index (χ0n) is 12.7. The summed E-state index contributed by atoms with van der Waals surface area (Å²) >= 11 is 0. The fraction of sp³-hybridized carbons (Fsp3) is 0.538. The van der Waals surface area contributed by atoms with Gasteiger partial charge in [-0.1, -0.05) is 6.92 Å². The fourth-order valence-corrected chi connectivity index (χ4v) is 2.02. The molecule has 0 aliphatic heterocycles. The van der Waals surface area contributed by atoms with Gasteiger partial charge in [0, 0.05) is 12.2 Å². The van der Waals surface area contributed by atoms with E-state index >= 15 is 0 Å². The zero-order valence-corrected chi connectivity index (χ0v) is 12.7. The first-order chi connectivity index (χ1) is 10.8. The molecule has 0 saturated carbocycles. The summed E-state index contributed by atoms with van der Waals surface area (Å²) in [6.07, 6.45) is -1.58. The maximum atomic E-state index is 12.6. The predicted octanol–water partition coefficient (Wildman–Crippen LogP) is 1.25. The van der Waals surface area contributed by atoms with Gasteiger partial charge in [0.05, 0.1) is 19.0 Å². The molecule has 0 aromatic carbocycles. The van der Waals surface area contributed by atoms with Gasteiger partial charge in [-0.2, -0.15) is 23.4 Å². The molecule has 0 radical (unpaired) electrons. The number of hydrogen-bond donors (Lipinski definition) is 1. The van der Waals surface area contributed by atoms with E-state index in [9.17, 15) is 18.0 Å². The van der Waals surface area contributed by atoms with Gasteiger partial charge in [-0.3, -0.25) is 14.2 Å². The van der Waals surface area contributed by atoms with E-state index in [0.717, 1.165) is 6.07 Å². The third kappa shape index (κ3) is 4.54. The second-order valence-electron chi connectivity index (χ2n) is 5.20. The third-order valence-corrected chi connectivity index (χ3v) is 3.27. The molecule has 1 atom stereocenters. The first-order valence-electron chi connectivity index (χ1n) is 6.99. The molecule has 126 valence electrons. The minimum atomic E-state index is -4.47. The van der Waals surface area contributed by atoms with E-state index in [1.54, 1.807) is 6.92 Å². The Labute approximate surface area is 130 Å². The van der Waals surface area contributed by atoms with E-state index in [2.05, 4.69) is 20.5 Å². The predicted molar refractivity (Wildman–Crippen MR) is 74.2 cm³/mol. The molecule has 1 amide bonds. The zero-order chi connectivity index (χ0) is 17.0. The first kappa shape index (κ1) is 17.0. The third-order valence-electron chi connectivity index (χ3n) is 3.27. The molecule has 2 heterocycles. The lowest BCUT2D eigenvalue weighted by Gasteiger charge is -2.12.